The lowest BCUT2D eigenvalue weighted by molar-refractivity contribution is 0.262. The van der Waals surface area contributed by atoms with Crippen LogP contribution in [-0.4, -0.2) is 23.0 Å². The van der Waals surface area contributed by atoms with Crippen molar-refractivity contribution in [2.24, 2.45) is 5.73 Å². The van der Waals surface area contributed by atoms with Gasteiger partial charge in [-0.1, -0.05) is 12.1 Å². The van der Waals surface area contributed by atoms with E-state index in [4.69, 9.17) is 15.2 Å². The van der Waals surface area contributed by atoms with E-state index < -0.39 is 0 Å². The van der Waals surface area contributed by atoms with E-state index in [2.05, 4.69) is 5.10 Å². The van der Waals surface area contributed by atoms with Crippen molar-refractivity contribution in [3.8, 4) is 11.5 Å². The standard InChI is InChI=1S/C14H19N3O2/c1-2-18-13-5-3-4-6-14(13)19-10-9-17-8-7-12(11-15)16-17/h3-8H,2,9-11,15H2,1H3. The Morgan fingerprint density at radius 1 is 1.16 bits per heavy atom. The van der Waals surface area contributed by atoms with Gasteiger partial charge in [0.25, 0.3) is 0 Å². The summed E-state index contributed by atoms with van der Waals surface area (Å²) in [6, 6.07) is 9.57. The maximum atomic E-state index is 5.72. The third kappa shape index (κ3) is 3.72. The fourth-order valence-electron chi connectivity index (χ4n) is 1.73. The Hall–Kier alpha value is -2.01. The maximum Gasteiger partial charge on any atom is 0.161 e. The number of nitrogens with two attached hydrogens (primary N) is 1. The van der Waals surface area contributed by atoms with Crippen LogP contribution in [0.25, 0.3) is 0 Å². The summed E-state index contributed by atoms with van der Waals surface area (Å²) in [5, 5.41) is 4.30. The fourth-order valence-corrected chi connectivity index (χ4v) is 1.73. The van der Waals surface area contributed by atoms with E-state index in [1.807, 2.05) is 48.1 Å². The molecule has 0 aliphatic heterocycles. The van der Waals surface area contributed by atoms with Crippen molar-refractivity contribution in [1.29, 1.82) is 0 Å². The largest absolute Gasteiger partial charge is 0.490 e. The molecule has 0 aliphatic carbocycles. The summed E-state index contributed by atoms with van der Waals surface area (Å²) in [5.74, 6) is 1.53. The first-order valence-corrected chi connectivity index (χ1v) is 6.40. The van der Waals surface area contributed by atoms with Gasteiger partial charge in [0.15, 0.2) is 11.5 Å². The maximum absolute atomic E-state index is 5.72. The molecule has 1 aromatic heterocycles. The van der Waals surface area contributed by atoms with E-state index in [0.717, 1.165) is 17.2 Å². The van der Waals surface area contributed by atoms with Crippen LogP contribution in [0.4, 0.5) is 0 Å². The molecule has 0 unspecified atom stereocenters. The van der Waals surface area contributed by atoms with E-state index >= 15 is 0 Å². The van der Waals surface area contributed by atoms with Gasteiger partial charge in [-0.15, -0.1) is 0 Å². The first-order chi connectivity index (χ1) is 9.33. The van der Waals surface area contributed by atoms with Crippen LogP contribution < -0.4 is 15.2 Å². The minimum atomic E-state index is 0.459. The van der Waals surface area contributed by atoms with Crippen LogP contribution >= 0.6 is 0 Å². The van der Waals surface area contributed by atoms with Crippen LogP contribution in [0.15, 0.2) is 36.5 Å². The van der Waals surface area contributed by atoms with Crippen molar-refractivity contribution in [3.05, 3.63) is 42.2 Å². The molecule has 19 heavy (non-hydrogen) atoms. The third-order valence-corrected chi connectivity index (χ3v) is 2.63. The van der Waals surface area contributed by atoms with Crippen LogP contribution in [0, 0.1) is 0 Å². The molecule has 0 atom stereocenters. The molecule has 0 spiro atoms. The summed E-state index contributed by atoms with van der Waals surface area (Å²) in [6.45, 7) is 4.26. The van der Waals surface area contributed by atoms with Crippen molar-refractivity contribution in [2.75, 3.05) is 13.2 Å². The molecule has 1 aromatic carbocycles. The Morgan fingerprint density at radius 3 is 2.53 bits per heavy atom. The molecule has 2 rings (SSSR count). The van der Waals surface area contributed by atoms with E-state index in [0.29, 0.717) is 26.3 Å². The molecule has 5 heteroatoms. The smallest absolute Gasteiger partial charge is 0.161 e. The molecule has 102 valence electrons. The Morgan fingerprint density at radius 2 is 1.89 bits per heavy atom. The molecule has 1 heterocycles. The van der Waals surface area contributed by atoms with E-state index in [1.54, 1.807) is 0 Å². The SMILES string of the molecule is CCOc1ccccc1OCCn1ccc(CN)n1. The topological polar surface area (TPSA) is 62.3 Å². The first kappa shape index (κ1) is 13.4. The zero-order valence-electron chi connectivity index (χ0n) is 11.1. The second kappa shape index (κ2) is 6.80. The zero-order valence-corrected chi connectivity index (χ0v) is 11.1. The number of benzene rings is 1. The highest BCUT2D eigenvalue weighted by atomic mass is 16.5. The van der Waals surface area contributed by atoms with Gasteiger partial charge in [-0.05, 0) is 25.1 Å². The van der Waals surface area contributed by atoms with Gasteiger partial charge >= 0.3 is 0 Å². The summed E-state index contributed by atoms with van der Waals surface area (Å²) < 4.78 is 13.0. The van der Waals surface area contributed by atoms with Gasteiger partial charge in [0.05, 0.1) is 18.8 Å². The lowest BCUT2D eigenvalue weighted by Gasteiger charge is -2.11. The summed E-state index contributed by atoms with van der Waals surface area (Å²) >= 11 is 0. The molecule has 0 bridgehead atoms. The number of hydrogen-bond donors (Lipinski definition) is 1. The quantitative estimate of drug-likeness (QED) is 0.825. The lowest BCUT2D eigenvalue weighted by Crippen LogP contribution is -2.10. The lowest BCUT2D eigenvalue weighted by atomic mass is 10.3. The average Bonchev–Trinajstić information content (AvgIpc) is 2.89. The van der Waals surface area contributed by atoms with Gasteiger partial charge in [0, 0.05) is 12.7 Å². The predicted octanol–water partition coefficient (Wildman–Crippen LogP) is 1.82. The minimum Gasteiger partial charge on any atom is -0.490 e. The Balaban J connectivity index is 1.88. The zero-order chi connectivity index (χ0) is 13.5. The molecular weight excluding hydrogens is 242 g/mol. The Bertz CT molecular complexity index is 511. The molecule has 0 amide bonds. The predicted molar refractivity (Wildman–Crippen MR) is 73.2 cm³/mol. The summed E-state index contributed by atoms with van der Waals surface area (Å²) in [7, 11) is 0. The summed E-state index contributed by atoms with van der Waals surface area (Å²) in [6.07, 6.45) is 1.90. The van der Waals surface area contributed by atoms with Crippen LogP contribution in [0.1, 0.15) is 12.6 Å². The van der Waals surface area contributed by atoms with Gasteiger partial charge in [0.2, 0.25) is 0 Å². The summed E-state index contributed by atoms with van der Waals surface area (Å²) in [4.78, 5) is 0. The highest BCUT2D eigenvalue weighted by molar-refractivity contribution is 5.39. The second-order valence-corrected chi connectivity index (χ2v) is 4.00. The average molecular weight is 261 g/mol. The van der Waals surface area contributed by atoms with Crippen molar-refractivity contribution < 1.29 is 9.47 Å². The van der Waals surface area contributed by atoms with Crippen LogP contribution in [0.2, 0.25) is 0 Å². The van der Waals surface area contributed by atoms with Gasteiger partial charge in [-0.25, -0.2) is 0 Å². The molecule has 0 radical (unpaired) electrons. The van der Waals surface area contributed by atoms with Crippen LogP contribution in [0.3, 0.4) is 0 Å². The van der Waals surface area contributed by atoms with Crippen molar-refractivity contribution in [1.82, 2.24) is 9.78 Å². The third-order valence-electron chi connectivity index (χ3n) is 2.63. The monoisotopic (exact) mass is 261 g/mol. The Labute approximate surface area is 112 Å². The first-order valence-electron chi connectivity index (χ1n) is 6.40. The fraction of sp³-hybridized carbons (Fsp3) is 0.357. The van der Waals surface area contributed by atoms with Crippen molar-refractivity contribution >= 4 is 0 Å². The number of aromatic nitrogens is 2. The molecule has 0 saturated carbocycles. The van der Waals surface area contributed by atoms with Gasteiger partial charge in [0.1, 0.15) is 6.61 Å². The summed E-state index contributed by atoms with van der Waals surface area (Å²) in [5.41, 5.74) is 6.40. The number of rotatable bonds is 7. The number of ether oxygens (including phenoxy) is 2. The van der Waals surface area contributed by atoms with E-state index in [9.17, 15) is 0 Å². The molecule has 2 aromatic rings. The minimum absolute atomic E-state index is 0.459. The molecule has 0 saturated heterocycles. The van der Waals surface area contributed by atoms with Crippen LogP contribution in [-0.2, 0) is 13.1 Å². The number of hydrogen-bond acceptors (Lipinski definition) is 4. The molecule has 0 fully saturated rings. The molecular formula is C14H19N3O2. The highest BCUT2D eigenvalue weighted by Gasteiger charge is 2.03. The Kier molecular flexibility index (Phi) is 4.80. The highest BCUT2D eigenvalue weighted by Crippen LogP contribution is 2.26. The molecule has 0 aliphatic rings. The second-order valence-electron chi connectivity index (χ2n) is 4.00. The van der Waals surface area contributed by atoms with Crippen molar-refractivity contribution in [2.45, 2.75) is 20.0 Å². The molecule has 5 nitrogen and oxygen atoms in total. The number of para-hydroxylation sites is 2. The number of nitrogens with zero attached hydrogens (tertiary/aromatic N) is 2. The van der Waals surface area contributed by atoms with Crippen LogP contribution in [0.5, 0.6) is 11.5 Å². The van der Waals surface area contributed by atoms with Gasteiger partial charge < -0.3 is 15.2 Å². The van der Waals surface area contributed by atoms with Gasteiger partial charge in [-0.3, -0.25) is 4.68 Å². The van der Waals surface area contributed by atoms with E-state index in [1.165, 1.54) is 0 Å². The van der Waals surface area contributed by atoms with E-state index in [-0.39, 0.29) is 0 Å². The van der Waals surface area contributed by atoms with Gasteiger partial charge in [-0.2, -0.15) is 5.10 Å². The normalized spacial score (nSPS) is 10.4. The molecule has 2 N–H and O–H groups in total. The van der Waals surface area contributed by atoms with Crippen molar-refractivity contribution in [3.63, 3.8) is 0 Å².